The molecule has 1 atom stereocenters. The van der Waals surface area contributed by atoms with Crippen molar-refractivity contribution in [3.8, 4) is 5.75 Å². The van der Waals surface area contributed by atoms with Gasteiger partial charge in [-0.2, -0.15) is 0 Å². The molecule has 1 aliphatic heterocycles. The molecule has 1 aromatic carbocycles. The van der Waals surface area contributed by atoms with E-state index in [0.29, 0.717) is 5.92 Å². The van der Waals surface area contributed by atoms with Crippen LogP contribution in [0.4, 0.5) is 4.39 Å². The van der Waals surface area contributed by atoms with E-state index in [1.54, 1.807) is 12.1 Å². The second-order valence-corrected chi connectivity index (χ2v) is 4.49. The van der Waals surface area contributed by atoms with Crippen molar-refractivity contribution >= 4 is 0 Å². The maximum Gasteiger partial charge on any atom is 0.165 e. The maximum absolute atomic E-state index is 13.4. The number of nitrogens with two attached hydrogens (primary N) is 1. The summed E-state index contributed by atoms with van der Waals surface area (Å²) >= 11 is 0. The first kappa shape index (κ1) is 13.3. The van der Waals surface area contributed by atoms with Crippen molar-refractivity contribution in [1.29, 1.82) is 0 Å². The molecule has 1 aliphatic rings. The van der Waals surface area contributed by atoms with Gasteiger partial charge in [-0.25, -0.2) is 4.39 Å². The van der Waals surface area contributed by atoms with E-state index in [1.807, 2.05) is 0 Å². The minimum absolute atomic E-state index is 0.00315. The van der Waals surface area contributed by atoms with Gasteiger partial charge in [-0.3, -0.25) is 11.3 Å². The van der Waals surface area contributed by atoms with E-state index < -0.39 is 0 Å². The molecule has 0 amide bonds. The van der Waals surface area contributed by atoms with E-state index in [-0.39, 0.29) is 17.6 Å². The number of benzene rings is 1. The lowest BCUT2D eigenvalue weighted by molar-refractivity contribution is 0.0536. The molecule has 3 N–H and O–H groups in total. The highest BCUT2D eigenvalue weighted by Crippen LogP contribution is 2.31. The zero-order valence-corrected chi connectivity index (χ0v) is 10.5. The van der Waals surface area contributed by atoms with E-state index in [0.717, 1.165) is 31.6 Å². The van der Waals surface area contributed by atoms with Crippen LogP contribution >= 0.6 is 0 Å². The van der Waals surface area contributed by atoms with Gasteiger partial charge in [-0.05, 0) is 36.5 Å². The van der Waals surface area contributed by atoms with E-state index in [1.165, 1.54) is 13.2 Å². The summed E-state index contributed by atoms with van der Waals surface area (Å²) < 4.78 is 23.7. The van der Waals surface area contributed by atoms with Gasteiger partial charge in [0.2, 0.25) is 0 Å². The van der Waals surface area contributed by atoms with Crippen LogP contribution in [-0.4, -0.2) is 20.3 Å². The molecule has 0 spiro atoms. The molecular weight excluding hydrogens is 235 g/mol. The van der Waals surface area contributed by atoms with Gasteiger partial charge in [0, 0.05) is 19.3 Å². The zero-order valence-electron chi connectivity index (χ0n) is 10.5. The van der Waals surface area contributed by atoms with Crippen molar-refractivity contribution in [3.05, 3.63) is 29.6 Å². The zero-order chi connectivity index (χ0) is 13.0. The minimum Gasteiger partial charge on any atom is -0.494 e. The third-order valence-corrected chi connectivity index (χ3v) is 3.45. The molecule has 18 heavy (non-hydrogen) atoms. The van der Waals surface area contributed by atoms with Crippen molar-refractivity contribution in [2.75, 3.05) is 20.3 Å². The Balaban J connectivity index is 2.20. The Hall–Kier alpha value is -1.17. The highest BCUT2D eigenvalue weighted by Gasteiger charge is 2.25. The summed E-state index contributed by atoms with van der Waals surface area (Å²) in [6.07, 6.45) is 1.91. The normalized spacial score (nSPS) is 18.6. The molecule has 0 radical (unpaired) electrons. The molecule has 0 bridgehead atoms. The van der Waals surface area contributed by atoms with E-state index in [9.17, 15) is 4.39 Å². The van der Waals surface area contributed by atoms with Gasteiger partial charge >= 0.3 is 0 Å². The maximum atomic E-state index is 13.4. The van der Waals surface area contributed by atoms with Crippen LogP contribution in [0.1, 0.15) is 24.4 Å². The summed E-state index contributed by atoms with van der Waals surface area (Å²) in [4.78, 5) is 0. The first-order chi connectivity index (χ1) is 8.76. The Kier molecular flexibility index (Phi) is 4.52. The highest BCUT2D eigenvalue weighted by atomic mass is 19.1. The first-order valence-corrected chi connectivity index (χ1v) is 6.13. The van der Waals surface area contributed by atoms with Crippen LogP contribution in [0.5, 0.6) is 5.75 Å². The topological polar surface area (TPSA) is 56.5 Å². The minimum atomic E-state index is -0.357. The van der Waals surface area contributed by atoms with Gasteiger partial charge in [0.05, 0.1) is 7.11 Å². The Morgan fingerprint density at radius 1 is 1.44 bits per heavy atom. The number of ether oxygens (including phenoxy) is 2. The Morgan fingerprint density at radius 3 is 2.78 bits per heavy atom. The van der Waals surface area contributed by atoms with Crippen LogP contribution < -0.4 is 16.0 Å². The predicted molar refractivity (Wildman–Crippen MR) is 66.6 cm³/mol. The van der Waals surface area contributed by atoms with Crippen LogP contribution in [0.15, 0.2) is 18.2 Å². The molecule has 0 aliphatic carbocycles. The van der Waals surface area contributed by atoms with Crippen LogP contribution in [-0.2, 0) is 4.74 Å². The van der Waals surface area contributed by atoms with Crippen molar-refractivity contribution < 1.29 is 13.9 Å². The van der Waals surface area contributed by atoms with Gasteiger partial charge in [0.1, 0.15) is 0 Å². The average molecular weight is 254 g/mol. The molecule has 100 valence electrons. The average Bonchev–Trinajstić information content (AvgIpc) is 2.42. The Bertz CT molecular complexity index is 395. The van der Waals surface area contributed by atoms with Gasteiger partial charge in [0.15, 0.2) is 11.6 Å². The van der Waals surface area contributed by atoms with E-state index in [2.05, 4.69) is 5.43 Å². The summed E-state index contributed by atoms with van der Waals surface area (Å²) in [5.74, 6) is 5.93. The molecule has 0 saturated carbocycles. The second-order valence-electron chi connectivity index (χ2n) is 4.49. The molecule has 4 nitrogen and oxygen atoms in total. The number of hydrogen-bond donors (Lipinski definition) is 2. The highest BCUT2D eigenvalue weighted by molar-refractivity contribution is 5.32. The second kappa shape index (κ2) is 6.13. The number of hydrogen-bond acceptors (Lipinski definition) is 4. The number of nitrogens with one attached hydrogen (secondary N) is 1. The molecule has 1 heterocycles. The van der Waals surface area contributed by atoms with Crippen molar-refractivity contribution in [2.24, 2.45) is 11.8 Å². The summed E-state index contributed by atoms with van der Waals surface area (Å²) in [5.41, 5.74) is 3.77. The van der Waals surface area contributed by atoms with E-state index in [4.69, 9.17) is 15.3 Å². The molecule has 1 saturated heterocycles. The molecule has 1 fully saturated rings. The first-order valence-electron chi connectivity index (χ1n) is 6.13. The van der Waals surface area contributed by atoms with Crippen molar-refractivity contribution in [1.82, 2.24) is 5.43 Å². The largest absolute Gasteiger partial charge is 0.494 e. The molecule has 1 aromatic rings. The van der Waals surface area contributed by atoms with E-state index >= 15 is 0 Å². The van der Waals surface area contributed by atoms with Crippen LogP contribution in [0.25, 0.3) is 0 Å². The lowest BCUT2D eigenvalue weighted by Gasteiger charge is -2.30. The molecule has 5 heteroatoms. The molecule has 1 unspecified atom stereocenters. The summed E-state index contributed by atoms with van der Waals surface area (Å²) in [6, 6.07) is 4.87. The van der Waals surface area contributed by atoms with Gasteiger partial charge in [-0.1, -0.05) is 6.07 Å². The number of rotatable bonds is 4. The summed E-state index contributed by atoms with van der Waals surface area (Å²) in [6.45, 7) is 1.50. The standard InChI is InChI=1S/C13H19FN2O2/c1-17-12-8-10(2-3-11(12)14)13(16-15)9-4-6-18-7-5-9/h2-3,8-9,13,16H,4-7,15H2,1H3. The fourth-order valence-corrected chi connectivity index (χ4v) is 2.42. The third kappa shape index (κ3) is 2.80. The number of halogens is 1. The van der Waals surface area contributed by atoms with Gasteiger partial charge in [0.25, 0.3) is 0 Å². The molecular formula is C13H19FN2O2. The lowest BCUT2D eigenvalue weighted by Crippen LogP contribution is -2.36. The third-order valence-electron chi connectivity index (χ3n) is 3.45. The van der Waals surface area contributed by atoms with Crippen molar-refractivity contribution in [2.45, 2.75) is 18.9 Å². The number of hydrazine groups is 1. The lowest BCUT2D eigenvalue weighted by atomic mass is 9.87. The summed E-state index contributed by atoms with van der Waals surface area (Å²) in [5, 5.41) is 0. The molecule has 2 rings (SSSR count). The molecule has 0 aromatic heterocycles. The fraction of sp³-hybridized carbons (Fsp3) is 0.538. The van der Waals surface area contributed by atoms with Crippen LogP contribution in [0, 0.1) is 11.7 Å². The van der Waals surface area contributed by atoms with Crippen LogP contribution in [0.2, 0.25) is 0 Å². The van der Waals surface area contributed by atoms with Crippen molar-refractivity contribution in [3.63, 3.8) is 0 Å². The van der Waals surface area contributed by atoms with Gasteiger partial charge < -0.3 is 9.47 Å². The Labute approximate surface area is 106 Å². The Morgan fingerprint density at radius 2 is 2.17 bits per heavy atom. The fourth-order valence-electron chi connectivity index (χ4n) is 2.42. The smallest absolute Gasteiger partial charge is 0.165 e. The predicted octanol–water partition coefficient (Wildman–Crippen LogP) is 1.77. The summed E-state index contributed by atoms with van der Waals surface area (Å²) in [7, 11) is 1.46. The monoisotopic (exact) mass is 254 g/mol. The SMILES string of the molecule is COc1cc(C(NN)C2CCOCC2)ccc1F. The van der Waals surface area contributed by atoms with Gasteiger partial charge in [-0.15, -0.1) is 0 Å². The number of methoxy groups -OCH3 is 1. The van der Waals surface area contributed by atoms with Crippen LogP contribution in [0.3, 0.4) is 0 Å². The quantitative estimate of drug-likeness (QED) is 0.635.